The van der Waals surface area contributed by atoms with Gasteiger partial charge >= 0.3 is 0 Å². The predicted octanol–water partition coefficient (Wildman–Crippen LogP) is 10.5. The Labute approximate surface area is 276 Å². The number of carbonyl (C=O) groups excluding carboxylic acids is 1. The summed E-state index contributed by atoms with van der Waals surface area (Å²) >= 11 is 7.71. The molecule has 3 aromatic carbocycles. The summed E-state index contributed by atoms with van der Waals surface area (Å²) in [6.07, 6.45) is 4.70. The lowest BCUT2D eigenvalue weighted by Gasteiger charge is -2.33. The number of benzene rings is 3. The first-order chi connectivity index (χ1) is 21.4. The van der Waals surface area contributed by atoms with E-state index in [2.05, 4.69) is 59.0 Å². The molecule has 45 heavy (non-hydrogen) atoms. The van der Waals surface area contributed by atoms with E-state index in [1.165, 1.54) is 27.1 Å². The van der Waals surface area contributed by atoms with Gasteiger partial charge in [0, 0.05) is 21.8 Å². The Balaban J connectivity index is 1.43. The molecule has 1 aliphatic rings. The molecule has 5 nitrogen and oxygen atoms in total. The monoisotopic (exact) mass is 642 g/mol. The summed E-state index contributed by atoms with van der Waals surface area (Å²) in [6, 6.07) is 17.4. The summed E-state index contributed by atoms with van der Waals surface area (Å²) in [4.78, 5) is 19.9. The van der Waals surface area contributed by atoms with E-state index >= 15 is 0 Å². The van der Waals surface area contributed by atoms with E-state index in [0.29, 0.717) is 46.9 Å². The summed E-state index contributed by atoms with van der Waals surface area (Å²) in [6.45, 7) is 16.2. The van der Waals surface area contributed by atoms with Gasteiger partial charge in [-0.15, -0.1) is 11.3 Å². The first kappa shape index (κ1) is 32.8. The van der Waals surface area contributed by atoms with Crippen LogP contribution in [0.5, 0.6) is 11.5 Å². The van der Waals surface area contributed by atoms with E-state index in [1.54, 1.807) is 23.5 Å². The van der Waals surface area contributed by atoms with Crippen LogP contribution < -0.4 is 14.8 Å². The highest BCUT2D eigenvalue weighted by Crippen LogP contribution is 2.45. The molecule has 5 rings (SSSR count). The van der Waals surface area contributed by atoms with Gasteiger partial charge in [-0.05, 0) is 129 Å². The zero-order valence-corrected chi connectivity index (χ0v) is 28.9. The number of thiophene rings is 1. The predicted molar refractivity (Wildman–Crippen MR) is 189 cm³/mol. The lowest BCUT2D eigenvalue weighted by molar-refractivity contribution is 0.102. The van der Waals surface area contributed by atoms with Crippen LogP contribution in [0.4, 0.5) is 10.7 Å². The molecule has 1 heterocycles. The van der Waals surface area contributed by atoms with Crippen molar-refractivity contribution in [1.82, 2.24) is 0 Å². The van der Waals surface area contributed by atoms with Gasteiger partial charge in [0.2, 0.25) is 0 Å². The third-order valence-corrected chi connectivity index (χ3v) is 10.0. The van der Waals surface area contributed by atoms with Crippen molar-refractivity contribution in [3.05, 3.63) is 103 Å². The zero-order valence-electron chi connectivity index (χ0n) is 27.3. The molecule has 7 heteroatoms. The van der Waals surface area contributed by atoms with Gasteiger partial charge in [0.15, 0.2) is 11.5 Å². The first-order valence-corrected chi connectivity index (χ1v) is 16.8. The molecule has 1 N–H and O–H groups in total. The van der Waals surface area contributed by atoms with Crippen molar-refractivity contribution < 1.29 is 14.3 Å². The fourth-order valence-corrected chi connectivity index (χ4v) is 7.47. The fourth-order valence-electron chi connectivity index (χ4n) is 6.08. The van der Waals surface area contributed by atoms with Crippen LogP contribution in [0.2, 0.25) is 5.02 Å². The van der Waals surface area contributed by atoms with Gasteiger partial charge in [0.05, 0.1) is 12.2 Å². The summed E-state index contributed by atoms with van der Waals surface area (Å²) in [5, 5.41) is 4.43. The summed E-state index contributed by atoms with van der Waals surface area (Å²) in [5.41, 5.74) is 8.45. The maximum Gasteiger partial charge on any atom is 0.259 e. The Kier molecular flexibility index (Phi) is 10.0. The molecule has 1 aliphatic carbocycles. The van der Waals surface area contributed by atoms with E-state index in [0.717, 1.165) is 35.4 Å². The second-order valence-corrected chi connectivity index (χ2v) is 14.5. The highest BCUT2D eigenvalue weighted by Gasteiger charge is 2.33. The number of anilines is 1. The average Bonchev–Trinajstić information content (AvgIpc) is 3.35. The molecule has 1 aromatic heterocycles. The van der Waals surface area contributed by atoms with Gasteiger partial charge in [0.25, 0.3) is 5.91 Å². The van der Waals surface area contributed by atoms with Crippen molar-refractivity contribution in [2.75, 3.05) is 11.9 Å². The molecule has 1 atom stereocenters. The molecule has 0 saturated carbocycles. The number of fused-ring (bicyclic) bond motifs is 1. The van der Waals surface area contributed by atoms with Crippen LogP contribution in [0, 0.1) is 32.1 Å². The molecule has 0 saturated heterocycles. The van der Waals surface area contributed by atoms with Crippen LogP contribution in [0.15, 0.2) is 59.6 Å². The van der Waals surface area contributed by atoms with Crippen LogP contribution in [-0.4, -0.2) is 18.7 Å². The van der Waals surface area contributed by atoms with Crippen LogP contribution in [0.3, 0.4) is 0 Å². The first-order valence-electron chi connectivity index (χ1n) is 15.6. The molecule has 0 aliphatic heterocycles. The second kappa shape index (κ2) is 13.8. The van der Waals surface area contributed by atoms with Crippen LogP contribution in [-0.2, 0) is 19.4 Å². The van der Waals surface area contributed by atoms with Gasteiger partial charge in [-0.3, -0.25) is 4.79 Å². The number of hydrogen-bond donors (Lipinski definition) is 1. The molecule has 0 bridgehead atoms. The number of nitrogens with one attached hydrogen (secondary N) is 1. The van der Waals surface area contributed by atoms with E-state index in [9.17, 15) is 4.79 Å². The third-order valence-electron chi connectivity index (χ3n) is 8.61. The van der Waals surface area contributed by atoms with E-state index in [-0.39, 0.29) is 11.3 Å². The van der Waals surface area contributed by atoms with Crippen LogP contribution in [0.1, 0.15) is 82.7 Å². The number of nitrogens with zero attached hydrogens (tertiary/aromatic N) is 1. The lowest BCUT2D eigenvalue weighted by atomic mass is 9.72. The SMILES string of the molecule is CCOc1cc(C=Nc2sc3c(c2C(=O)Nc2ccc(Cl)cc2)CC[C@@H](C(C)(C)C)C3)ccc1OCc1c(C)cc(C)cc1C. The summed E-state index contributed by atoms with van der Waals surface area (Å²) < 4.78 is 12.3. The Bertz CT molecular complexity index is 1690. The Morgan fingerprint density at radius 3 is 2.40 bits per heavy atom. The van der Waals surface area contributed by atoms with Crippen molar-refractivity contribution in [3.8, 4) is 11.5 Å². The number of aryl methyl sites for hydroxylation is 3. The largest absolute Gasteiger partial charge is 0.490 e. The summed E-state index contributed by atoms with van der Waals surface area (Å²) in [7, 11) is 0. The second-order valence-electron chi connectivity index (χ2n) is 13.0. The van der Waals surface area contributed by atoms with Crippen LogP contribution in [0.25, 0.3) is 0 Å². The standard InChI is InChI=1S/C38H43ClN2O3S/c1-8-43-33-19-26(9-16-32(33)44-22-31-24(3)17-23(2)18-25(31)4)21-40-37-35(36(42)41-29-13-11-28(39)12-14-29)30-15-10-27(38(5,6)7)20-34(30)45-37/h9,11-14,16-19,21,27H,8,10,15,20,22H2,1-7H3,(H,41,42)/t27-/m1/s1. The maximum absolute atomic E-state index is 13.7. The normalized spacial score (nSPS) is 14.8. The van der Waals surface area contributed by atoms with Crippen molar-refractivity contribution in [3.63, 3.8) is 0 Å². The number of aliphatic imine (C=N–C) groups is 1. The van der Waals surface area contributed by atoms with Crippen molar-refractivity contribution >= 4 is 45.7 Å². The van der Waals surface area contributed by atoms with E-state index in [4.69, 9.17) is 26.1 Å². The van der Waals surface area contributed by atoms with Gasteiger partial charge in [-0.25, -0.2) is 4.99 Å². The maximum atomic E-state index is 13.7. The van der Waals surface area contributed by atoms with Crippen molar-refractivity contribution in [2.45, 2.75) is 74.3 Å². The van der Waals surface area contributed by atoms with Crippen molar-refractivity contribution in [1.29, 1.82) is 0 Å². The van der Waals surface area contributed by atoms with Gasteiger partial charge in [0.1, 0.15) is 11.6 Å². The lowest BCUT2D eigenvalue weighted by Crippen LogP contribution is -2.27. The number of rotatable bonds is 9. The minimum Gasteiger partial charge on any atom is -0.490 e. The molecule has 236 valence electrons. The minimum atomic E-state index is -0.142. The molecule has 0 radical (unpaired) electrons. The molecule has 0 unspecified atom stereocenters. The number of amides is 1. The number of hydrogen-bond acceptors (Lipinski definition) is 5. The fraction of sp³-hybridized carbons (Fsp3) is 0.368. The van der Waals surface area contributed by atoms with E-state index in [1.807, 2.05) is 43.5 Å². The summed E-state index contributed by atoms with van der Waals surface area (Å²) in [5.74, 6) is 1.78. The van der Waals surface area contributed by atoms with Crippen molar-refractivity contribution in [2.24, 2.45) is 16.3 Å². The molecular formula is C38H43ClN2O3S. The number of ether oxygens (including phenoxy) is 2. The topological polar surface area (TPSA) is 59.9 Å². The zero-order chi connectivity index (χ0) is 32.3. The third kappa shape index (κ3) is 7.79. The Hall–Kier alpha value is -3.61. The molecule has 1 amide bonds. The quantitative estimate of drug-likeness (QED) is 0.185. The average molecular weight is 643 g/mol. The molecular weight excluding hydrogens is 600 g/mol. The highest BCUT2D eigenvalue weighted by molar-refractivity contribution is 7.16. The molecule has 0 spiro atoms. The Morgan fingerprint density at radius 1 is 1.02 bits per heavy atom. The highest BCUT2D eigenvalue weighted by atomic mass is 35.5. The Morgan fingerprint density at radius 2 is 1.73 bits per heavy atom. The molecule has 0 fully saturated rings. The van der Waals surface area contributed by atoms with E-state index < -0.39 is 0 Å². The van der Waals surface area contributed by atoms with Gasteiger partial charge in [-0.2, -0.15) is 0 Å². The van der Waals surface area contributed by atoms with Gasteiger partial charge in [-0.1, -0.05) is 50.1 Å². The smallest absolute Gasteiger partial charge is 0.259 e. The number of carbonyl (C=O) groups is 1. The van der Waals surface area contributed by atoms with Gasteiger partial charge < -0.3 is 14.8 Å². The number of halogens is 1. The molecule has 4 aromatic rings. The van der Waals surface area contributed by atoms with Crippen LogP contribution >= 0.6 is 22.9 Å². The minimum absolute atomic E-state index is 0.142.